The highest BCUT2D eigenvalue weighted by atomic mass is 16.5. The third-order valence-corrected chi connectivity index (χ3v) is 3.09. The first-order chi connectivity index (χ1) is 9.65. The fourth-order valence-electron chi connectivity index (χ4n) is 1.95. The summed E-state index contributed by atoms with van der Waals surface area (Å²) in [7, 11) is 2.01. The average Bonchev–Trinajstić information content (AvgIpc) is 2.46. The largest absolute Gasteiger partial charge is 0.491 e. The Balaban J connectivity index is 2.24. The van der Waals surface area contributed by atoms with Gasteiger partial charge in [-0.15, -0.1) is 0 Å². The van der Waals surface area contributed by atoms with Gasteiger partial charge in [-0.25, -0.2) is 0 Å². The van der Waals surface area contributed by atoms with Gasteiger partial charge in [-0.05, 0) is 44.3 Å². The molecule has 0 aromatic heterocycles. The van der Waals surface area contributed by atoms with Crippen molar-refractivity contribution in [3.8, 4) is 11.8 Å². The van der Waals surface area contributed by atoms with E-state index in [9.17, 15) is 5.11 Å². The van der Waals surface area contributed by atoms with Crippen molar-refractivity contribution < 1.29 is 9.84 Å². The Hall–Kier alpha value is -1.57. The third kappa shape index (κ3) is 6.55. The van der Waals surface area contributed by atoms with E-state index < -0.39 is 6.10 Å². The van der Waals surface area contributed by atoms with Crippen molar-refractivity contribution in [3.63, 3.8) is 0 Å². The second-order valence-corrected chi connectivity index (χ2v) is 5.07. The molecule has 110 valence electrons. The predicted molar refractivity (Wildman–Crippen MR) is 79.7 cm³/mol. The van der Waals surface area contributed by atoms with Gasteiger partial charge in [0.15, 0.2) is 0 Å². The molecule has 0 aliphatic heterocycles. The minimum atomic E-state index is -0.503. The lowest BCUT2D eigenvalue weighted by Gasteiger charge is -2.20. The standard InChI is InChI=1S/C16H24N2O2/c1-3-4-5-10-18(2)12-15(19)13-20-16-8-6-14(11-17)7-9-16/h6-9,15,19H,3-5,10,12-13H2,1-2H3. The highest BCUT2D eigenvalue weighted by Gasteiger charge is 2.09. The van der Waals surface area contributed by atoms with Crippen LogP contribution in [0.5, 0.6) is 5.75 Å². The molecule has 1 N–H and O–H groups in total. The molecule has 0 saturated heterocycles. The van der Waals surface area contributed by atoms with Crippen molar-refractivity contribution in [2.24, 2.45) is 0 Å². The van der Waals surface area contributed by atoms with Gasteiger partial charge < -0.3 is 14.7 Å². The van der Waals surface area contributed by atoms with Crippen molar-refractivity contribution in [2.45, 2.75) is 32.3 Å². The summed E-state index contributed by atoms with van der Waals surface area (Å²) < 4.78 is 5.51. The summed E-state index contributed by atoms with van der Waals surface area (Å²) in [5.41, 5.74) is 0.605. The van der Waals surface area contributed by atoms with Crippen LogP contribution in [-0.4, -0.2) is 42.9 Å². The van der Waals surface area contributed by atoms with Crippen LogP contribution < -0.4 is 4.74 Å². The van der Waals surface area contributed by atoms with Crippen molar-refractivity contribution >= 4 is 0 Å². The molecule has 0 bridgehead atoms. The third-order valence-electron chi connectivity index (χ3n) is 3.09. The van der Waals surface area contributed by atoms with Crippen LogP contribution in [0.1, 0.15) is 31.7 Å². The van der Waals surface area contributed by atoms with Gasteiger partial charge in [-0.2, -0.15) is 5.26 Å². The van der Waals surface area contributed by atoms with Crippen molar-refractivity contribution in [1.82, 2.24) is 4.90 Å². The van der Waals surface area contributed by atoms with Crippen LogP contribution in [0.15, 0.2) is 24.3 Å². The van der Waals surface area contributed by atoms with Crippen molar-refractivity contribution in [1.29, 1.82) is 5.26 Å². The normalized spacial score (nSPS) is 12.2. The summed E-state index contributed by atoms with van der Waals surface area (Å²) in [5, 5.41) is 18.6. The molecular weight excluding hydrogens is 252 g/mol. The topological polar surface area (TPSA) is 56.5 Å². The zero-order valence-electron chi connectivity index (χ0n) is 12.4. The Morgan fingerprint density at radius 2 is 2.00 bits per heavy atom. The van der Waals surface area contributed by atoms with Crippen molar-refractivity contribution in [2.75, 3.05) is 26.7 Å². The summed E-state index contributed by atoms with van der Waals surface area (Å²) in [6.45, 7) is 4.06. The maximum absolute atomic E-state index is 9.92. The van der Waals surface area contributed by atoms with Gasteiger partial charge in [0.25, 0.3) is 0 Å². The monoisotopic (exact) mass is 276 g/mol. The molecular formula is C16H24N2O2. The van der Waals surface area contributed by atoms with Gasteiger partial charge in [0.2, 0.25) is 0 Å². The first kappa shape index (κ1) is 16.5. The van der Waals surface area contributed by atoms with Crippen LogP contribution in [0.25, 0.3) is 0 Å². The van der Waals surface area contributed by atoms with Gasteiger partial charge >= 0.3 is 0 Å². The Labute approximate surface area is 121 Å². The van der Waals surface area contributed by atoms with Crippen LogP contribution in [0.3, 0.4) is 0 Å². The lowest BCUT2D eigenvalue weighted by Crippen LogP contribution is -2.33. The number of unbranched alkanes of at least 4 members (excludes halogenated alkanes) is 2. The molecule has 1 aromatic carbocycles. The SMILES string of the molecule is CCCCCN(C)CC(O)COc1ccc(C#N)cc1. The number of aliphatic hydroxyl groups excluding tert-OH is 1. The molecule has 0 aliphatic carbocycles. The quantitative estimate of drug-likeness (QED) is 0.704. The molecule has 4 heteroatoms. The molecule has 1 aromatic rings. The van der Waals surface area contributed by atoms with Gasteiger partial charge in [0.05, 0.1) is 11.6 Å². The van der Waals surface area contributed by atoms with E-state index in [1.165, 1.54) is 12.8 Å². The zero-order valence-corrected chi connectivity index (χ0v) is 12.4. The molecule has 1 rings (SSSR count). The number of benzene rings is 1. The Morgan fingerprint density at radius 1 is 1.30 bits per heavy atom. The molecule has 1 atom stereocenters. The highest BCUT2D eigenvalue weighted by Crippen LogP contribution is 2.11. The van der Waals surface area contributed by atoms with Gasteiger partial charge in [0, 0.05) is 6.54 Å². The minimum absolute atomic E-state index is 0.268. The molecule has 0 amide bonds. The number of aliphatic hydroxyl groups is 1. The number of hydrogen-bond acceptors (Lipinski definition) is 4. The molecule has 0 heterocycles. The maximum Gasteiger partial charge on any atom is 0.119 e. The summed E-state index contributed by atoms with van der Waals surface area (Å²) in [5.74, 6) is 0.677. The summed E-state index contributed by atoms with van der Waals surface area (Å²) in [6.07, 6.45) is 3.09. The molecule has 0 radical (unpaired) electrons. The van der Waals surface area contributed by atoms with Gasteiger partial charge in [0.1, 0.15) is 18.5 Å². The summed E-state index contributed by atoms with van der Waals surface area (Å²) >= 11 is 0. The molecule has 4 nitrogen and oxygen atoms in total. The highest BCUT2D eigenvalue weighted by molar-refractivity contribution is 5.34. The minimum Gasteiger partial charge on any atom is -0.491 e. The van der Waals surface area contributed by atoms with E-state index in [4.69, 9.17) is 10.00 Å². The van der Waals surface area contributed by atoms with E-state index in [1.807, 2.05) is 7.05 Å². The van der Waals surface area contributed by atoms with E-state index >= 15 is 0 Å². The fraction of sp³-hybridized carbons (Fsp3) is 0.562. The molecule has 20 heavy (non-hydrogen) atoms. The summed E-state index contributed by atoms with van der Waals surface area (Å²) in [6, 6.07) is 8.96. The lowest BCUT2D eigenvalue weighted by molar-refractivity contribution is 0.0759. The van der Waals surface area contributed by atoms with Gasteiger partial charge in [-0.1, -0.05) is 19.8 Å². The number of nitriles is 1. The van der Waals surface area contributed by atoms with E-state index in [2.05, 4.69) is 17.9 Å². The Morgan fingerprint density at radius 3 is 2.60 bits per heavy atom. The van der Waals surface area contributed by atoms with Crippen LogP contribution in [0, 0.1) is 11.3 Å². The number of likely N-dealkylation sites (N-methyl/N-ethyl adjacent to an activating group) is 1. The predicted octanol–water partition coefficient (Wildman–Crippen LogP) is 2.42. The zero-order chi connectivity index (χ0) is 14.8. The second-order valence-electron chi connectivity index (χ2n) is 5.07. The second kappa shape index (κ2) is 9.35. The smallest absolute Gasteiger partial charge is 0.119 e. The van der Waals surface area contributed by atoms with E-state index in [-0.39, 0.29) is 6.61 Å². The number of hydrogen-bond donors (Lipinski definition) is 1. The van der Waals surface area contributed by atoms with Crippen LogP contribution in [0.4, 0.5) is 0 Å². The number of nitrogens with zero attached hydrogens (tertiary/aromatic N) is 2. The lowest BCUT2D eigenvalue weighted by atomic mass is 10.2. The molecule has 1 unspecified atom stereocenters. The number of rotatable bonds is 9. The van der Waals surface area contributed by atoms with Crippen LogP contribution >= 0.6 is 0 Å². The molecule has 0 aliphatic rings. The van der Waals surface area contributed by atoms with Crippen LogP contribution in [-0.2, 0) is 0 Å². The number of ether oxygens (including phenoxy) is 1. The molecule has 0 fully saturated rings. The Bertz CT molecular complexity index is 411. The van der Waals surface area contributed by atoms with Crippen LogP contribution in [0.2, 0.25) is 0 Å². The van der Waals surface area contributed by atoms with E-state index in [0.29, 0.717) is 17.9 Å². The van der Waals surface area contributed by atoms with Crippen molar-refractivity contribution in [3.05, 3.63) is 29.8 Å². The maximum atomic E-state index is 9.92. The Kier molecular flexibility index (Phi) is 7.71. The van der Waals surface area contributed by atoms with E-state index in [0.717, 1.165) is 13.0 Å². The molecule has 0 spiro atoms. The summed E-state index contributed by atoms with van der Waals surface area (Å²) in [4.78, 5) is 2.13. The van der Waals surface area contributed by atoms with Gasteiger partial charge in [-0.3, -0.25) is 0 Å². The fourth-order valence-corrected chi connectivity index (χ4v) is 1.95. The first-order valence-corrected chi connectivity index (χ1v) is 7.15. The van der Waals surface area contributed by atoms with E-state index in [1.54, 1.807) is 24.3 Å². The first-order valence-electron chi connectivity index (χ1n) is 7.15. The average molecular weight is 276 g/mol. The molecule has 0 saturated carbocycles.